The summed E-state index contributed by atoms with van der Waals surface area (Å²) in [5.74, 6) is -7.59. The average Bonchev–Trinajstić information content (AvgIpc) is 2.20. The molecular weight excluding hydrogens is 285 g/mol. The van der Waals surface area contributed by atoms with E-state index in [1.165, 1.54) is 13.8 Å². The molecule has 9 heteroatoms. The van der Waals surface area contributed by atoms with Gasteiger partial charge < -0.3 is 4.74 Å². The van der Waals surface area contributed by atoms with Gasteiger partial charge in [0.05, 0.1) is 13.0 Å². The first-order valence-electron chi connectivity index (χ1n) is 5.04. The Morgan fingerprint density at radius 3 is 1.89 bits per heavy atom. The molecule has 0 atom stereocenters. The molecule has 0 fully saturated rings. The third-order valence-electron chi connectivity index (χ3n) is 1.84. The Balaban J connectivity index is 4.99. The van der Waals surface area contributed by atoms with Gasteiger partial charge in [-0.3, -0.25) is 0 Å². The number of carbonyl (C=O) groups is 1. The Hall–Kier alpha value is -1.28. The van der Waals surface area contributed by atoms with Gasteiger partial charge in [0.1, 0.15) is 5.57 Å². The molecule has 0 unspecified atom stereocenters. The standard InChI is InChI=1S/C10H11F7O2/c1-5(2)4-19-8(18)6(7(11)12)3-9(13,14)10(15,16)17/h5H,3-4H2,1-2H3. The number of halogens is 7. The zero-order chi connectivity index (χ0) is 15.4. The molecule has 0 bridgehead atoms. The molecule has 0 rings (SSSR count). The predicted molar refractivity (Wildman–Crippen MR) is 50.7 cm³/mol. The van der Waals surface area contributed by atoms with Gasteiger partial charge in [0, 0.05) is 0 Å². The fourth-order valence-electron chi connectivity index (χ4n) is 0.868. The molecule has 0 aliphatic rings. The van der Waals surface area contributed by atoms with Crippen molar-refractivity contribution in [1.29, 1.82) is 0 Å². The summed E-state index contributed by atoms with van der Waals surface area (Å²) in [4.78, 5) is 11.0. The van der Waals surface area contributed by atoms with Crippen LogP contribution >= 0.6 is 0 Å². The highest BCUT2D eigenvalue weighted by Gasteiger charge is 2.58. The number of ether oxygens (including phenoxy) is 1. The fraction of sp³-hybridized carbons (Fsp3) is 0.700. The summed E-state index contributed by atoms with van der Waals surface area (Å²) < 4.78 is 89.5. The number of rotatable bonds is 5. The summed E-state index contributed by atoms with van der Waals surface area (Å²) in [6.07, 6.45) is -11.4. The van der Waals surface area contributed by atoms with E-state index in [1.54, 1.807) is 0 Å². The average molecular weight is 296 g/mol. The van der Waals surface area contributed by atoms with Gasteiger partial charge in [0.15, 0.2) is 0 Å². The van der Waals surface area contributed by atoms with Crippen molar-refractivity contribution in [3.63, 3.8) is 0 Å². The fourth-order valence-corrected chi connectivity index (χ4v) is 0.868. The van der Waals surface area contributed by atoms with Crippen molar-refractivity contribution >= 4 is 5.97 Å². The predicted octanol–water partition coefficient (Wildman–Crippen LogP) is 3.92. The lowest BCUT2D eigenvalue weighted by Gasteiger charge is -2.20. The topological polar surface area (TPSA) is 26.3 Å². The van der Waals surface area contributed by atoms with Crippen LogP contribution in [0.3, 0.4) is 0 Å². The molecule has 112 valence electrons. The summed E-state index contributed by atoms with van der Waals surface area (Å²) in [5, 5.41) is 0. The van der Waals surface area contributed by atoms with Crippen molar-refractivity contribution in [2.45, 2.75) is 32.4 Å². The van der Waals surface area contributed by atoms with Crippen LogP contribution in [0.15, 0.2) is 11.7 Å². The van der Waals surface area contributed by atoms with Crippen LogP contribution in [0.4, 0.5) is 30.7 Å². The molecule has 0 heterocycles. The van der Waals surface area contributed by atoms with E-state index in [2.05, 4.69) is 4.74 Å². The van der Waals surface area contributed by atoms with E-state index in [0.717, 1.165) is 0 Å². The van der Waals surface area contributed by atoms with Gasteiger partial charge in [-0.2, -0.15) is 30.7 Å². The first-order valence-corrected chi connectivity index (χ1v) is 5.04. The monoisotopic (exact) mass is 296 g/mol. The lowest BCUT2D eigenvalue weighted by Crippen LogP contribution is -2.37. The maximum atomic E-state index is 12.6. The number of alkyl halides is 5. The molecule has 0 aliphatic heterocycles. The molecule has 19 heavy (non-hydrogen) atoms. The Labute approximate surface area is 104 Å². The molecule has 0 amide bonds. The zero-order valence-electron chi connectivity index (χ0n) is 9.95. The lowest BCUT2D eigenvalue weighted by atomic mass is 10.1. The molecule has 0 aliphatic carbocycles. The van der Waals surface area contributed by atoms with Crippen molar-refractivity contribution in [3.05, 3.63) is 11.7 Å². The van der Waals surface area contributed by atoms with Crippen LogP contribution in [0.2, 0.25) is 0 Å². The maximum absolute atomic E-state index is 12.6. The Bertz CT molecular complexity index is 353. The number of hydrogen-bond donors (Lipinski definition) is 0. The molecular formula is C10H11F7O2. The van der Waals surface area contributed by atoms with Gasteiger partial charge in [-0.15, -0.1) is 0 Å². The summed E-state index contributed by atoms with van der Waals surface area (Å²) in [6.45, 7) is 2.70. The molecule has 0 aromatic carbocycles. The number of carbonyl (C=O) groups excluding carboxylic acids is 1. The van der Waals surface area contributed by atoms with Crippen LogP contribution < -0.4 is 0 Å². The minimum absolute atomic E-state index is 0.281. The maximum Gasteiger partial charge on any atom is 0.453 e. The van der Waals surface area contributed by atoms with Gasteiger partial charge in [-0.25, -0.2) is 4.79 Å². The molecule has 0 aromatic heterocycles. The van der Waals surface area contributed by atoms with Gasteiger partial charge in [0.2, 0.25) is 0 Å². The molecule has 0 aromatic rings. The summed E-state index contributed by atoms with van der Waals surface area (Å²) >= 11 is 0. The van der Waals surface area contributed by atoms with Crippen LogP contribution in [-0.2, 0) is 9.53 Å². The van der Waals surface area contributed by atoms with Crippen molar-refractivity contribution in [2.75, 3.05) is 6.61 Å². The Morgan fingerprint density at radius 1 is 1.11 bits per heavy atom. The van der Waals surface area contributed by atoms with E-state index >= 15 is 0 Å². The summed E-state index contributed by atoms with van der Waals surface area (Å²) in [7, 11) is 0. The van der Waals surface area contributed by atoms with Crippen LogP contribution in [0.5, 0.6) is 0 Å². The van der Waals surface area contributed by atoms with E-state index in [1.807, 2.05) is 0 Å². The van der Waals surface area contributed by atoms with Crippen LogP contribution in [0.1, 0.15) is 20.3 Å². The third kappa shape index (κ3) is 5.48. The second-order valence-electron chi connectivity index (χ2n) is 4.11. The van der Waals surface area contributed by atoms with Crippen molar-refractivity contribution in [3.8, 4) is 0 Å². The molecule has 2 nitrogen and oxygen atoms in total. The second-order valence-corrected chi connectivity index (χ2v) is 4.11. The first kappa shape index (κ1) is 17.7. The third-order valence-corrected chi connectivity index (χ3v) is 1.84. The van der Waals surface area contributed by atoms with E-state index < -0.39 is 36.1 Å². The summed E-state index contributed by atoms with van der Waals surface area (Å²) in [6, 6.07) is 0. The van der Waals surface area contributed by atoms with Crippen molar-refractivity contribution < 1.29 is 40.3 Å². The quantitative estimate of drug-likeness (QED) is 0.436. The molecule has 0 N–H and O–H groups in total. The van der Waals surface area contributed by atoms with Gasteiger partial charge in [-0.1, -0.05) is 13.8 Å². The normalized spacial score (nSPS) is 12.5. The van der Waals surface area contributed by atoms with E-state index in [0.29, 0.717) is 0 Å². The largest absolute Gasteiger partial charge is 0.462 e. The highest BCUT2D eigenvalue weighted by Crippen LogP contribution is 2.40. The Kier molecular flexibility index (Phi) is 5.83. The van der Waals surface area contributed by atoms with Crippen molar-refractivity contribution in [2.24, 2.45) is 5.92 Å². The lowest BCUT2D eigenvalue weighted by molar-refractivity contribution is -0.281. The van der Waals surface area contributed by atoms with Gasteiger partial charge in [-0.05, 0) is 5.92 Å². The smallest absolute Gasteiger partial charge is 0.453 e. The molecule has 0 spiro atoms. The molecule has 0 radical (unpaired) electrons. The van der Waals surface area contributed by atoms with E-state index in [4.69, 9.17) is 0 Å². The second kappa shape index (κ2) is 6.25. The minimum Gasteiger partial charge on any atom is -0.462 e. The first-order chi connectivity index (χ1) is 8.38. The number of hydrogen-bond acceptors (Lipinski definition) is 2. The van der Waals surface area contributed by atoms with E-state index in [9.17, 15) is 35.5 Å². The minimum atomic E-state index is -6.02. The van der Waals surface area contributed by atoms with Crippen LogP contribution in [-0.4, -0.2) is 24.7 Å². The Morgan fingerprint density at radius 2 is 1.58 bits per heavy atom. The highest BCUT2D eigenvalue weighted by atomic mass is 19.4. The van der Waals surface area contributed by atoms with Crippen LogP contribution in [0, 0.1) is 5.92 Å². The zero-order valence-corrected chi connectivity index (χ0v) is 9.95. The van der Waals surface area contributed by atoms with Crippen LogP contribution in [0.25, 0.3) is 0 Å². The van der Waals surface area contributed by atoms with E-state index in [-0.39, 0.29) is 12.5 Å². The van der Waals surface area contributed by atoms with Gasteiger partial charge in [0.25, 0.3) is 6.08 Å². The SMILES string of the molecule is CC(C)COC(=O)C(CC(F)(F)C(F)(F)F)=C(F)F. The number of esters is 1. The van der Waals surface area contributed by atoms with Crippen molar-refractivity contribution in [1.82, 2.24) is 0 Å². The summed E-state index contributed by atoms with van der Waals surface area (Å²) in [5.41, 5.74) is -1.97. The van der Waals surface area contributed by atoms with Gasteiger partial charge >= 0.3 is 18.1 Å². The molecule has 0 saturated carbocycles. The highest BCUT2D eigenvalue weighted by molar-refractivity contribution is 5.88. The molecule has 0 saturated heterocycles.